The van der Waals surface area contributed by atoms with Crippen LogP contribution in [0.1, 0.15) is 53.1 Å². The zero-order valence-electron chi connectivity index (χ0n) is 13.6. The van der Waals surface area contributed by atoms with Crippen molar-refractivity contribution in [1.29, 1.82) is 5.41 Å². The molecular weight excluding hydrogens is 298 g/mol. The van der Waals surface area contributed by atoms with Crippen LogP contribution in [0.15, 0.2) is 48.5 Å². The van der Waals surface area contributed by atoms with Crippen LogP contribution in [0.5, 0.6) is 5.75 Å². The fraction of sp³-hybridized carbons (Fsp3) is 0.333. The fourth-order valence-corrected chi connectivity index (χ4v) is 4.14. The maximum atomic E-state index is 12.3. The second kappa shape index (κ2) is 6.23. The SMILES string of the molecule is N=C1Cc2ccc(OC(=O)c3ccccc3)cc2C2CCCC[C@@H]12. The van der Waals surface area contributed by atoms with E-state index in [4.69, 9.17) is 10.1 Å². The van der Waals surface area contributed by atoms with Crippen LogP contribution >= 0.6 is 0 Å². The van der Waals surface area contributed by atoms with E-state index in [1.54, 1.807) is 12.1 Å². The molecule has 2 aliphatic rings. The first-order valence-corrected chi connectivity index (χ1v) is 8.70. The Hall–Kier alpha value is -2.42. The molecule has 122 valence electrons. The Bertz CT molecular complexity index is 782. The van der Waals surface area contributed by atoms with Gasteiger partial charge in [-0.2, -0.15) is 0 Å². The van der Waals surface area contributed by atoms with Crippen molar-refractivity contribution in [2.75, 3.05) is 0 Å². The van der Waals surface area contributed by atoms with Gasteiger partial charge in [0.15, 0.2) is 0 Å². The van der Waals surface area contributed by atoms with E-state index in [0.717, 1.165) is 25.0 Å². The second-order valence-electron chi connectivity index (χ2n) is 6.82. The molecule has 24 heavy (non-hydrogen) atoms. The largest absolute Gasteiger partial charge is 0.423 e. The molecule has 2 aromatic carbocycles. The smallest absolute Gasteiger partial charge is 0.343 e. The van der Waals surface area contributed by atoms with Crippen molar-refractivity contribution in [2.24, 2.45) is 5.92 Å². The van der Waals surface area contributed by atoms with Crippen molar-refractivity contribution in [3.63, 3.8) is 0 Å². The summed E-state index contributed by atoms with van der Waals surface area (Å²) in [5.41, 5.74) is 3.95. The number of carbonyl (C=O) groups is 1. The molecule has 1 N–H and O–H groups in total. The molecule has 0 amide bonds. The van der Waals surface area contributed by atoms with Gasteiger partial charge in [-0.3, -0.25) is 0 Å². The highest BCUT2D eigenvalue weighted by atomic mass is 16.5. The first kappa shape index (κ1) is 15.1. The van der Waals surface area contributed by atoms with Gasteiger partial charge in [0.2, 0.25) is 0 Å². The molecule has 3 nitrogen and oxygen atoms in total. The Morgan fingerprint density at radius 1 is 1.00 bits per heavy atom. The van der Waals surface area contributed by atoms with E-state index in [9.17, 15) is 4.79 Å². The van der Waals surface area contributed by atoms with Crippen molar-refractivity contribution < 1.29 is 9.53 Å². The average Bonchev–Trinajstić information content (AvgIpc) is 2.63. The minimum atomic E-state index is -0.320. The molecule has 0 saturated heterocycles. The van der Waals surface area contributed by atoms with Crippen LogP contribution in [0.3, 0.4) is 0 Å². The number of hydrogen-bond donors (Lipinski definition) is 1. The van der Waals surface area contributed by atoms with Gasteiger partial charge in [-0.25, -0.2) is 4.79 Å². The lowest BCUT2D eigenvalue weighted by molar-refractivity contribution is 0.0734. The number of hydrogen-bond acceptors (Lipinski definition) is 3. The molecule has 2 aromatic rings. The molecule has 0 radical (unpaired) electrons. The molecule has 2 atom stereocenters. The highest BCUT2D eigenvalue weighted by molar-refractivity contribution is 5.91. The maximum Gasteiger partial charge on any atom is 0.343 e. The van der Waals surface area contributed by atoms with Gasteiger partial charge in [0, 0.05) is 18.1 Å². The Morgan fingerprint density at radius 3 is 2.54 bits per heavy atom. The van der Waals surface area contributed by atoms with E-state index in [-0.39, 0.29) is 5.97 Å². The molecule has 1 unspecified atom stereocenters. The summed E-state index contributed by atoms with van der Waals surface area (Å²) in [6.07, 6.45) is 5.44. The number of ether oxygens (including phenoxy) is 1. The summed E-state index contributed by atoms with van der Waals surface area (Å²) in [5, 5.41) is 8.34. The molecule has 2 aliphatic carbocycles. The maximum absolute atomic E-state index is 12.3. The molecule has 4 rings (SSSR count). The predicted molar refractivity (Wildman–Crippen MR) is 94.0 cm³/mol. The molecule has 1 saturated carbocycles. The van der Waals surface area contributed by atoms with Gasteiger partial charge >= 0.3 is 5.97 Å². The second-order valence-corrected chi connectivity index (χ2v) is 6.82. The van der Waals surface area contributed by atoms with Crippen molar-refractivity contribution >= 4 is 11.7 Å². The number of esters is 1. The van der Waals surface area contributed by atoms with Gasteiger partial charge in [-0.1, -0.05) is 37.1 Å². The summed E-state index contributed by atoms with van der Waals surface area (Å²) in [4.78, 5) is 12.3. The van der Waals surface area contributed by atoms with E-state index in [2.05, 4.69) is 0 Å². The molecule has 0 aliphatic heterocycles. The standard InChI is InChI=1S/C21H21NO2/c22-20-12-15-10-11-16(24-21(23)14-6-2-1-3-7-14)13-19(15)17-8-4-5-9-18(17)20/h1-3,6-7,10-11,13,17-18,22H,4-5,8-9,12H2/t17?,18-/m1/s1. The topological polar surface area (TPSA) is 50.1 Å². The van der Waals surface area contributed by atoms with Gasteiger partial charge in [0.1, 0.15) is 5.75 Å². The number of benzene rings is 2. The average molecular weight is 319 g/mol. The lowest BCUT2D eigenvalue weighted by atomic mass is 9.67. The van der Waals surface area contributed by atoms with Gasteiger partial charge < -0.3 is 10.1 Å². The minimum Gasteiger partial charge on any atom is -0.423 e. The van der Waals surface area contributed by atoms with Gasteiger partial charge in [-0.15, -0.1) is 0 Å². The summed E-state index contributed by atoms with van der Waals surface area (Å²) in [7, 11) is 0. The lowest BCUT2D eigenvalue weighted by Crippen LogP contribution is -2.31. The highest BCUT2D eigenvalue weighted by Crippen LogP contribution is 2.44. The van der Waals surface area contributed by atoms with E-state index in [0.29, 0.717) is 23.1 Å². The van der Waals surface area contributed by atoms with Crippen LogP contribution in [0.4, 0.5) is 0 Å². The number of nitrogens with one attached hydrogen (secondary N) is 1. The summed E-state index contributed by atoms with van der Waals surface area (Å²) >= 11 is 0. The van der Waals surface area contributed by atoms with Crippen molar-refractivity contribution in [1.82, 2.24) is 0 Å². The molecule has 1 fully saturated rings. The number of rotatable bonds is 2. The Labute approximate surface area is 142 Å². The van der Waals surface area contributed by atoms with Crippen LogP contribution in [0.2, 0.25) is 0 Å². The molecule has 0 aromatic heterocycles. The lowest BCUT2D eigenvalue weighted by Gasteiger charge is -2.37. The van der Waals surface area contributed by atoms with Crippen molar-refractivity contribution in [3.05, 3.63) is 65.2 Å². The zero-order chi connectivity index (χ0) is 16.5. The third kappa shape index (κ3) is 2.75. The van der Waals surface area contributed by atoms with Crippen molar-refractivity contribution in [3.8, 4) is 5.75 Å². The predicted octanol–water partition coefficient (Wildman–Crippen LogP) is 4.76. The van der Waals surface area contributed by atoms with E-state index in [1.165, 1.54) is 24.0 Å². The van der Waals surface area contributed by atoms with Crippen LogP contribution < -0.4 is 4.74 Å². The Morgan fingerprint density at radius 2 is 1.75 bits per heavy atom. The summed E-state index contributed by atoms with van der Waals surface area (Å²) in [6.45, 7) is 0. The number of carbonyl (C=O) groups excluding carboxylic acids is 1. The van der Waals surface area contributed by atoms with Crippen LogP contribution in [0.25, 0.3) is 0 Å². The fourth-order valence-electron chi connectivity index (χ4n) is 4.14. The zero-order valence-corrected chi connectivity index (χ0v) is 13.6. The van der Waals surface area contributed by atoms with Gasteiger partial charge in [0.05, 0.1) is 5.56 Å². The minimum absolute atomic E-state index is 0.320. The van der Waals surface area contributed by atoms with Crippen LogP contribution in [0, 0.1) is 11.3 Å². The van der Waals surface area contributed by atoms with Crippen LogP contribution in [-0.4, -0.2) is 11.7 Å². The van der Waals surface area contributed by atoms with Gasteiger partial charge in [0.25, 0.3) is 0 Å². The molecule has 0 heterocycles. The summed E-state index contributed by atoms with van der Waals surface area (Å²) < 4.78 is 5.58. The van der Waals surface area contributed by atoms with E-state index >= 15 is 0 Å². The molecule has 3 heteroatoms. The summed E-state index contributed by atoms with van der Waals surface area (Å²) in [6, 6.07) is 15.0. The Kier molecular flexibility index (Phi) is 3.93. The molecule has 0 spiro atoms. The van der Waals surface area contributed by atoms with Gasteiger partial charge in [-0.05, 0) is 54.2 Å². The quantitative estimate of drug-likeness (QED) is 0.641. The third-order valence-electron chi connectivity index (χ3n) is 5.33. The van der Waals surface area contributed by atoms with E-state index < -0.39 is 0 Å². The molecule has 0 bridgehead atoms. The van der Waals surface area contributed by atoms with E-state index in [1.807, 2.05) is 36.4 Å². The normalized spacial score (nSPS) is 22.4. The Balaban J connectivity index is 1.61. The first-order chi connectivity index (χ1) is 11.7. The number of fused-ring (bicyclic) bond motifs is 3. The third-order valence-corrected chi connectivity index (χ3v) is 5.33. The molecular formula is C21H21NO2. The monoisotopic (exact) mass is 319 g/mol. The van der Waals surface area contributed by atoms with Crippen molar-refractivity contribution in [2.45, 2.75) is 38.0 Å². The summed E-state index contributed by atoms with van der Waals surface area (Å²) in [5.74, 6) is 1.09. The first-order valence-electron chi connectivity index (χ1n) is 8.70. The highest BCUT2D eigenvalue weighted by Gasteiger charge is 2.35. The van der Waals surface area contributed by atoms with Crippen LogP contribution in [-0.2, 0) is 6.42 Å².